The van der Waals surface area contributed by atoms with Gasteiger partial charge in [0.1, 0.15) is 11.9 Å². The second-order valence-corrected chi connectivity index (χ2v) is 10.5. The Morgan fingerprint density at radius 1 is 0.972 bits per heavy atom. The number of nitrogens with one attached hydrogen (secondary N) is 1. The first kappa shape index (κ1) is 27.2. The van der Waals surface area contributed by atoms with Gasteiger partial charge in [-0.2, -0.15) is 0 Å². The number of benzene rings is 1. The number of carbonyl (C=O) groups excluding carboxylic acids is 3. The molecular formula is C28H38N4O4. The molecule has 1 atom stereocenters. The average Bonchev–Trinajstić information content (AvgIpc) is 2.86. The molecular weight excluding hydrogens is 456 g/mol. The van der Waals surface area contributed by atoms with Crippen LogP contribution in [-0.2, 0) is 14.9 Å². The van der Waals surface area contributed by atoms with Gasteiger partial charge < -0.3 is 19.9 Å². The summed E-state index contributed by atoms with van der Waals surface area (Å²) in [7, 11) is 0. The number of amides is 2. The summed E-state index contributed by atoms with van der Waals surface area (Å²) in [5, 5.41) is 2.96. The molecule has 0 bridgehead atoms. The van der Waals surface area contributed by atoms with Gasteiger partial charge in [-0.05, 0) is 48.1 Å². The normalized spacial score (nSPS) is 15.0. The van der Waals surface area contributed by atoms with Crippen LogP contribution in [0.5, 0.6) is 0 Å². The maximum Gasteiger partial charge on any atom is 0.339 e. The third-order valence-electron chi connectivity index (χ3n) is 6.41. The highest BCUT2D eigenvalue weighted by Gasteiger charge is 2.31. The first-order valence-corrected chi connectivity index (χ1v) is 12.6. The topological polar surface area (TPSA) is 91.8 Å². The summed E-state index contributed by atoms with van der Waals surface area (Å²) >= 11 is 0. The molecule has 1 aliphatic rings. The number of carbonyl (C=O) groups is 3. The number of anilines is 1. The molecule has 0 spiro atoms. The molecule has 1 aromatic heterocycles. The van der Waals surface area contributed by atoms with Crippen LogP contribution in [-0.4, -0.2) is 66.5 Å². The van der Waals surface area contributed by atoms with Gasteiger partial charge in [0.25, 0.3) is 5.91 Å². The van der Waals surface area contributed by atoms with E-state index in [0.717, 1.165) is 11.4 Å². The Bertz CT molecular complexity index is 1050. The Kier molecular flexibility index (Phi) is 8.71. The quantitative estimate of drug-likeness (QED) is 0.591. The Morgan fingerprint density at radius 2 is 1.58 bits per heavy atom. The Labute approximate surface area is 214 Å². The summed E-state index contributed by atoms with van der Waals surface area (Å²) in [6.45, 7) is 14.6. The van der Waals surface area contributed by atoms with E-state index in [2.05, 4.69) is 36.0 Å². The molecule has 8 heteroatoms. The number of aromatic nitrogens is 1. The zero-order chi connectivity index (χ0) is 26.5. The maximum absolute atomic E-state index is 13.3. The molecule has 194 valence electrons. The van der Waals surface area contributed by atoms with Crippen molar-refractivity contribution >= 4 is 23.6 Å². The van der Waals surface area contributed by atoms with Crippen LogP contribution in [0.1, 0.15) is 67.8 Å². The van der Waals surface area contributed by atoms with E-state index < -0.39 is 6.04 Å². The number of nitrogens with zero attached hydrogens (tertiary/aromatic N) is 3. The molecule has 1 unspecified atom stereocenters. The number of hydrogen-bond donors (Lipinski definition) is 1. The first-order valence-electron chi connectivity index (χ1n) is 12.6. The van der Waals surface area contributed by atoms with E-state index >= 15 is 0 Å². The van der Waals surface area contributed by atoms with E-state index in [1.165, 1.54) is 6.20 Å². The van der Waals surface area contributed by atoms with Crippen LogP contribution in [0.3, 0.4) is 0 Å². The Hall–Kier alpha value is -3.42. The molecule has 3 rings (SSSR count). The molecule has 0 radical (unpaired) electrons. The number of hydrogen-bond acceptors (Lipinski definition) is 6. The standard InChI is InChI=1S/C28H38N4O4/c1-7-36-27(35)21-10-13-23(29-18-21)31-14-16-32(17-15-31)26(34)24(19(2)3)30-25(33)20-8-11-22(12-9-20)28(4,5)6/h8-13,18-19,24H,7,14-17H2,1-6H3,(H,30,33). The van der Waals surface area contributed by atoms with Gasteiger partial charge in [-0.1, -0.05) is 46.8 Å². The average molecular weight is 495 g/mol. The van der Waals surface area contributed by atoms with Crippen molar-refractivity contribution < 1.29 is 19.1 Å². The van der Waals surface area contributed by atoms with Gasteiger partial charge in [0, 0.05) is 37.9 Å². The van der Waals surface area contributed by atoms with Crippen molar-refractivity contribution in [1.29, 1.82) is 0 Å². The minimum Gasteiger partial charge on any atom is -0.462 e. The van der Waals surface area contributed by atoms with Gasteiger partial charge in [0.15, 0.2) is 0 Å². The summed E-state index contributed by atoms with van der Waals surface area (Å²) in [5.74, 6) is -0.00571. The van der Waals surface area contributed by atoms with Gasteiger partial charge in [0.05, 0.1) is 12.2 Å². The van der Waals surface area contributed by atoms with E-state index in [1.54, 1.807) is 24.0 Å². The van der Waals surface area contributed by atoms with E-state index in [1.807, 2.05) is 38.1 Å². The van der Waals surface area contributed by atoms with Crippen LogP contribution in [0.25, 0.3) is 0 Å². The monoisotopic (exact) mass is 494 g/mol. The van der Waals surface area contributed by atoms with Crippen molar-refractivity contribution in [3.63, 3.8) is 0 Å². The molecule has 8 nitrogen and oxygen atoms in total. The number of piperazine rings is 1. The zero-order valence-electron chi connectivity index (χ0n) is 22.2. The fourth-order valence-electron chi connectivity index (χ4n) is 4.12. The molecule has 2 aromatic rings. The van der Waals surface area contributed by atoms with E-state index in [9.17, 15) is 14.4 Å². The maximum atomic E-state index is 13.3. The largest absolute Gasteiger partial charge is 0.462 e. The molecule has 2 amide bonds. The highest BCUT2D eigenvalue weighted by Crippen LogP contribution is 2.22. The lowest BCUT2D eigenvalue weighted by Crippen LogP contribution is -2.56. The van der Waals surface area contributed by atoms with Gasteiger partial charge in [-0.15, -0.1) is 0 Å². The molecule has 2 heterocycles. The first-order chi connectivity index (χ1) is 17.0. The summed E-state index contributed by atoms with van der Waals surface area (Å²) in [4.78, 5) is 46.4. The third kappa shape index (κ3) is 6.62. The lowest BCUT2D eigenvalue weighted by Gasteiger charge is -2.37. The van der Waals surface area contributed by atoms with E-state index in [4.69, 9.17) is 4.74 Å². The van der Waals surface area contributed by atoms with Crippen LogP contribution in [0.15, 0.2) is 42.6 Å². The van der Waals surface area contributed by atoms with E-state index in [-0.39, 0.29) is 29.1 Å². The zero-order valence-corrected chi connectivity index (χ0v) is 22.2. The second kappa shape index (κ2) is 11.5. The summed E-state index contributed by atoms with van der Waals surface area (Å²) in [6, 6.07) is 10.5. The minimum absolute atomic E-state index is 0.00599. The number of pyridine rings is 1. The number of esters is 1. The fourth-order valence-corrected chi connectivity index (χ4v) is 4.12. The Balaban J connectivity index is 1.59. The Morgan fingerprint density at radius 3 is 2.08 bits per heavy atom. The van der Waals surface area contributed by atoms with Gasteiger partial charge in [-0.3, -0.25) is 9.59 Å². The van der Waals surface area contributed by atoms with Crippen LogP contribution in [0.4, 0.5) is 5.82 Å². The predicted octanol–water partition coefficient (Wildman–Crippen LogP) is 3.66. The van der Waals surface area contributed by atoms with Crippen LogP contribution >= 0.6 is 0 Å². The summed E-state index contributed by atoms with van der Waals surface area (Å²) in [5.41, 5.74) is 2.12. The van der Waals surface area contributed by atoms with Crippen molar-refractivity contribution in [3.8, 4) is 0 Å². The minimum atomic E-state index is -0.603. The van der Waals surface area contributed by atoms with Crippen molar-refractivity contribution in [3.05, 3.63) is 59.3 Å². The summed E-state index contributed by atoms with van der Waals surface area (Å²) in [6.07, 6.45) is 1.52. The highest BCUT2D eigenvalue weighted by atomic mass is 16.5. The van der Waals surface area contributed by atoms with Crippen LogP contribution < -0.4 is 10.2 Å². The molecule has 1 aliphatic heterocycles. The van der Waals surface area contributed by atoms with Crippen LogP contribution in [0.2, 0.25) is 0 Å². The van der Waals surface area contributed by atoms with E-state index in [0.29, 0.717) is 43.9 Å². The lowest BCUT2D eigenvalue weighted by atomic mass is 9.86. The molecule has 1 N–H and O–H groups in total. The van der Waals surface area contributed by atoms with Crippen LogP contribution in [0, 0.1) is 5.92 Å². The van der Waals surface area contributed by atoms with Gasteiger partial charge >= 0.3 is 5.97 Å². The van der Waals surface area contributed by atoms with Crippen molar-refractivity contribution in [2.24, 2.45) is 5.92 Å². The molecule has 1 saturated heterocycles. The summed E-state index contributed by atoms with van der Waals surface area (Å²) < 4.78 is 5.00. The van der Waals surface area contributed by atoms with Gasteiger partial charge in [0.2, 0.25) is 5.91 Å². The third-order valence-corrected chi connectivity index (χ3v) is 6.41. The molecule has 0 saturated carbocycles. The molecule has 36 heavy (non-hydrogen) atoms. The second-order valence-electron chi connectivity index (χ2n) is 10.5. The number of ether oxygens (including phenoxy) is 1. The van der Waals surface area contributed by atoms with Gasteiger partial charge in [-0.25, -0.2) is 9.78 Å². The molecule has 1 fully saturated rings. The smallest absolute Gasteiger partial charge is 0.339 e. The lowest BCUT2D eigenvalue weighted by molar-refractivity contribution is -0.134. The van der Waals surface area contributed by atoms with Crippen molar-refractivity contribution in [1.82, 2.24) is 15.2 Å². The SMILES string of the molecule is CCOC(=O)c1ccc(N2CCN(C(=O)C(NC(=O)c3ccc(C(C)(C)C)cc3)C(C)C)CC2)nc1. The fraction of sp³-hybridized carbons (Fsp3) is 0.500. The van der Waals surface area contributed by atoms with Crippen molar-refractivity contribution in [2.45, 2.75) is 53.0 Å². The highest BCUT2D eigenvalue weighted by molar-refractivity contribution is 5.97. The molecule has 1 aromatic carbocycles. The predicted molar refractivity (Wildman–Crippen MR) is 140 cm³/mol. The van der Waals surface area contributed by atoms with Crippen molar-refractivity contribution in [2.75, 3.05) is 37.7 Å². The number of rotatable bonds is 7. The molecule has 0 aliphatic carbocycles.